The molecule has 0 aliphatic carbocycles. The summed E-state index contributed by atoms with van der Waals surface area (Å²) in [6.07, 6.45) is 3.75. The molecular formula is C18H24N4O2. The predicted molar refractivity (Wildman–Crippen MR) is 93.7 cm³/mol. The van der Waals surface area contributed by atoms with Crippen LogP contribution in [-0.4, -0.2) is 42.0 Å². The fraction of sp³-hybridized carbons (Fsp3) is 0.444. The number of likely N-dealkylation sites (tertiary alicyclic amines) is 1. The molecule has 1 aromatic heterocycles. The number of imide groups is 1. The predicted octanol–water partition coefficient (Wildman–Crippen LogP) is 2.54. The number of fused-ring (bicyclic) bond motifs is 1. The van der Waals surface area contributed by atoms with Gasteiger partial charge in [0.2, 0.25) is 5.91 Å². The number of hydrogen-bond acceptors (Lipinski definition) is 3. The van der Waals surface area contributed by atoms with E-state index in [1.807, 2.05) is 12.1 Å². The lowest BCUT2D eigenvalue weighted by atomic mass is 9.99. The van der Waals surface area contributed by atoms with Gasteiger partial charge < -0.3 is 10.3 Å². The number of rotatable bonds is 4. The zero-order valence-electron chi connectivity index (χ0n) is 14.0. The van der Waals surface area contributed by atoms with Crippen molar-refractivity contribution in [3.05, 3.63) is 36.0 Å². The Labute approximate surface area is 141 Å². The second kappa shape index (κ2) is 7.49. The molecule has 0 bridgehead atoms. The van der Waals surface area contributed by atoms with Crippen LogP contribution < -0.4 is 10.6 Å². The smallest absolute Gasteiger partial charge is 0.321 e. The summed E-state index contributed by atoms with van der Waals surface area (Å²) in [4.78, 5) is 28.9. The van der Waals surface area contributed by atoms with Crippen molar-refractivity contribution in [3.8, 4) is 0 Å². The van der Waals surface area contributed by atoms with E-state index >= 15 is 0 Å². The molecular weight excluding hydrogens is 304 g/mol. The summed E-state index contributed by atoms with van der Waals surface area (Å²) in [7, 11) is 1.50. The highest BCUT2D eigenvalue weighted by Gasteiger charge is 2.25. The first-order chi connectivity index (χ1) is 11.7. The van der Waals surface area contributed by atoms with E-state index in [0.29, 0.717) is 19.0 Å². The highest BCUT2D eigenvalue weighted by atomic mass is 16.2. The largest absolute Gasteiger partial charge is 0.357 e. The third-order valence-electron chi connectivity index (χ3n) is 4.63. The van der Waals surface area contributed by atoms with Gasteiger partial charge in [0.25, 0.3) is 0 Å². The van der Waals surface area contributed by atoms with E-state index in [0.717, 1.165) is 24.9 Å². The summed E-state index contributed by atoms with van der Waals surface area (Å²) < 4.78 is 0. The average Bonchev–Trinajstić information content (AvgIpc) is 3.04. The molecule has 128 valence electrons. The van der Waals surface area contributed by atoms with Crippen LogP contribution >= 0.6 is 0 Å². The molecule has 1 saturated heterocycles. The van der Waals surface area contributed by atoms with E-state index in [1.165, 1.54) is 24.5 Å². The van der Waals surface area contributed by atoms with Gasteiger partial charge in [-0.3, -0.25) is 15.0 Å². The number of urea groups is 1. The number of nitrogens with one attached hydrogen (secondary N) is 3. The Morgan fingerprint density at radius 3 is 2.92 bits per heavy atom. The first-order valence-electron chi connectivity index (χ1n) is 8.50. The Morgan fingerprint density at radius 1 is 1.29 bits per heavy atom. The number of aromatic nitrogens is 1. The fourth-order valence-corrected chi connectivity index (χ4v) is 3.38. The topological polar surface area (TPSA) is 77.2 Å². The second-order valence-electron chi connectivity index (χ2n) is 6.24. The summed E-state index contributed by atoms with van der Waals surface area (Å²) in [5, 5.41) is 5.93. The maximum atomic E-state index is 11.8. The minimum atomic E-state index is -0.453. The average molecular weight is 328 g/mol. The normalized spacial score (nSPS) is 18.5. The van der Waals surface area contributed by atoms with Crippen LogP contribution in [-0.2, 0) is 4.79 Å². The number of H-pyrrole nitrogens is 1. The molecule has 6 heteroatoms. The Bertz CT molecular complexity index is 692. The van der Waals surface area contributed by atoms with Crippen molar-refractivity contribution < 1.29 is 9.59 Å². The molecule has 0 radical (unpaired) electrons. The fourth-order valence-electron chi connectivity index (χ4n) is 3.38. The highest BCUT2D eigenvalue weighted by molar-refractivity contribution is 5.94. The highest BCUT2D eigenvalue weighted by Crippen LogP contribution is 2.32. The molecule has 1 atom stereocenters. The Kier molecular flexibility index (Phi) is 5.15. The lowest BCUT2D eigenvalue weighted by Crippen LogP contribution is -2.40. The molecule has 1 fully saturated rings. The van der Waals surface area contributed by atoms with Gasteiger partial charge in [0.15, 0.2) is 0 Å². The van der Waals surface area contributed by atoms with Gasteiger partial charge in [-0.1, -0.05) is 24.6 Å². The number of nitrogens with zero attached hydrogens (tertiary/aromatic N) is 1. The summed E-state index contributed by atoms with van der Waals surface area (Å²) in [5.41, 5.74) is 2.36. The van der Waals surface area contributed by atoms with E-state index in [9.17, 15) is 9.59 Å². The Morgan fingerprint density at radius 2 is 2.12 bits per heavy atom. The van der Waals surface area contributed by atoms with Crippen LogP contribution in [0, 0.1) is 0 Å². The van der Waals surface area contributed by atoms with Crippen LogP contribution in [0.1, 0.15) is 37.4 Å². The third kappa shape index (κ3) is 3.76. The van der Waals surface area contributed by atoms with Gasteiger partial charge in [-0.05, 0) is 36.9 Å². The van der Waals surface area contributed by atoms with E-state index in [1.54, 1.807) is 0 Å². The lowest BCUT2D eigenvalue weighted by molar-refractivity contribution is -0.120. The molecule has 3 N–H and O–H groups in total. The van der Waals surface area contributed by atoms with Crippen molar-refractivity contribution in [1.29, 1.82) is 0 Å². The molecule has 1 aliphatic rings. The van der Waals surface area contributed by atoms with Gasteiger partial charge in [0.05, 0.1) is 0 Å². The molecule has 6 nitrogen and oxygen atoms in total. The van der Waals surface area contributed by atoms with Gasteiger partial charge in [-0.15, -0.1) is 0 Å². The molecule has 0 saturated carbocycles. The van der Waals surface area contributed by atoms with E-state index in [2.05, 4.69) is 38.7 Å². The van der Waals surface area contributed by atoms with Crippen molar-refractivity contribution in [3.63, 3.8) is 0 Å². The molecule has 3 amide bonds. The Balaban J connectivity index is 1.67. The molecule has 1 aliphatic heterocycles. The first kappa shape index (κ1) is 16.5. The van der Waals surface area contributed by atoms with Crippen molar-refractivity contribution in [1.82, 2.24) is 20.5 Å². The van der Waals surface area contributed by atoms with Crippen LogP contribution in [0.25, 0.3) is 10.9 Å². The van der Waals surface area contributed by atoms with Crippen molar-refractivity contribution >= 4 is 22.8 Å². The number of aromatic amines is 1. The maximum absolute atomic E-state index is 11.8. The zero-order valence-corrected chi connectivity index (χ0v) is 14.0. The Hall–Kier alpha value is -2.34. The number of carbonyl (C=O) groups is 2. The van der Waals surface area contributed by atoms with Crippen molar-refractivity contribution in [2.45, 2.75) is 31.7 Å². The minimum Gasteiger partial charge on any atom is -0.357 e. The summed E-state index contributed by atoms with van der Waals surface area (Å²) in [6, 6.07) is 10.3. The molecule has 2 aromatic rings. The lowest BCUT2D eigenvalue weighted by Gasteiger charge is -2.35. The number of piperidine rings is 1. The second-order valence-corrected chi connectivity index (χ2v) is 6.24. The molecule has 24 heavy (non-hydrogen) atoms. The molecule has 2 heterocycles. The number of amides is 3. The number of para-hydroxylation sites is 1. The summed E-state index contributed by atoms with van der Waals surface area (Å²) >= 11 is 0. The van der Waals surface area contributed by atoms with Crippen LogP contribution in [0.5, 0.6) is 0 Å². The van der Waals surface area contributed by atoms with Gasteiger partial charge >= 0.3 is 6.03 Å². The first-order valence-corrected chi connectivity index (χ1v) is 8.50. The summed E-state index contributed by atoms with van der Waals surface area (Å²) in [5.74, 6) is -0.240. The zero-order chi connectivity index (χ0) is 16.9. The third-order valence-corrected chi connectivity index (χ3v) is 4.63. The molecule has 1 unspecified atom stereocenters. The number of benzene rings is 1. The monoisotopic (exact) mass is 328 g/mol. The van der Waals surface area contributed by atoms with Crippen LogP contribution in [0.3, 0.4) is 0 Å². The SMILES string of the molecule is CNC(=O)NC(=O)CCN1CCCCC1c1cc2ccccc2[nH]1. The molecule has 1 aromatic carbocycles. The van der Waals surface area contributed by atoms with Gasteiger partial charge in [-0.25, -0.2) is 4.79 Å². The van der Waals surface area contributed by atoms with E-state index < -0.39 is 6.03 Å². The van der Waals surface area contributed by atoms with Gasteiger partial charge in [0.1, 0.15) is 0 Å². The number of carbonyl (C=O) groups excluding carboxylic acids is 2. The quantitative estimate of drug-likeness (QED) is 0.807. The standard InChI is InChI=1S/C18H24N4O2/c1-19-18(24)21-17(23)9-11-22-10-5-4-8-16(22)15-12-13-6-2-3-7-14(13)20-15/h2-3,6-7,12,16,20H,4-5,8-11H2,1H3,(H2,19,21,23,24). The van der Waals surface area contributed by atoms with Crippen molar-refractivity contribution in [2.75, 3.05) is 20.1 Å². The summed E-state index contributed by atoms with van der Waals surface area (Å²) in [6.45, 7) is 1.64. The maximum Gasteiger partial charge on any atom is 0.321 e. The number of hydrogen-bond donors (Lipinski definition) is 3. The van der Waals surface area contributed by atoms with Crippen LogP contribution in [0.4, 0.5) is 4.79 Å². The van der Waals surface area contributed by atoms with Gasteiger partial charge in [0, 0.05) is 37.3 Å². The minimum absolute atomic E-state index is 0.240. The molecule has 0 spiro atoms. The van der Waals surface area contributed by atoms with Crippen LogP contribution in [0.15, 0.2) is 30.3 Å². The van der Waals surface area contributed by atoms with Crippen LogP contribution in [0.2, 0.25) is 0 Å². The van der Waals surface area contributed by atoms with Crippen molar-refractivity contribution in [2.24, 2.45) is 0 Å². The molecule has 3 rings (SSSR count). The van der Waals surface area contributed by atoms with E-state index in [-0.39, 0.29) is 5.91 Å². The van der Waals surface area contributed by atoms with E-state index in [4.69, 9.17) is 0 Å². The van der Waals surface area contributed by atoms with Gasteiger partial charge in [-0.2, -0.15) is 0 Å².